The summed E-state index contributed by atoms with van der Waals surface area (Å²) in [5, 5.41) is 26.3. The second kappa shape index (κ2) is 5.95. The highest BCUT2D eigenvalue weighted by molar-refractivity contribution is 6.08. The van der Waals surface area contributed by atoms with Gasteiger partial charge in [0.1, 0.15) is 11.8 Å². The van der Waals surface area contributed by atoms with Crippen LogP contribution >= 0.6 is 0 Å². The minimum atomic E-state index is -0.563. The standard InChI is InChI=1S/C21H16N2O2/c22-12-19(20(24)13-5-6-13)21(25)23-18-8-7-16-9-14-3-1-2-4-15(14)10-17(16)11-18/h1-4,7-11,13,24H,5-6H2,(H,23,25)/b20-19-. The Hall–Kier alpha value is -3.32. The highest BCUT2D eigenvalue weighted by atomic mass is 16.3. The number of nitrogens with one attached hydrogen (secondary N) is 1. The fraction of sp³-hybridized carbons (Fsp3) is 0.143. The lowest BCUT2D eigenvalue weighted by Crippen LogP contribution is -2.15. The molecule has 0 heterocycles. The van der Waals surface area contributed by atoms with E-state index in [0.717, 1.165) is 34.4 Å². The summed E-state index contributed by atoms with van der Waals surface area (Å²) >= 11 is 0. The summed E-state index contributed by atoms with van der Waals surface area (Å²) in [6.45, 7) is 0. The fourth-order valence-electron chi connectivity index (χ4n) is 3.00. The molecule has 3 aromatic carbocycles. The molecule has 2 N–H and O–H groups in total. The number of nitriles is 1. The Morgan fingerprint density at radius 1 is 1.00 bits per heavy atom. The first kappa shape index (κ1) is 15.2. The SMILES string of the molecule is N#C/C(C(=O)Nc1ccc2cc3ccccc3cc2c1)=C(/O)C1CC1. The Morgan fingerprint density at radius 3 is 2.28 bits per heavy atom. The number of fused-ring (bicyclic) bond motifs is 2. The van der Waals surface area contributed by atoms with Crippen LogP contribution in [0.3, 0.4) is 0 Å². The van der Waals surface area contributed by atoms with E-state index in [2.05, 4.69) is 23.5 Å². The van der Waals surface area contributed by atoms with E-state index in [1.54, 1.807) is 6.07 Å². The van der Waals surface area contributed by atoms with Gasteiger partial charge in [0.05, 0.1) is 0 Å². The third-order valence-electron chi connectivity index (χ3n) is 4.52. The summed E-state index contributed by atoms with van der Waals surface area (Å²) < 4.78 is 0. The highest BCUT2D eigenvalue weighted by Gasteiger charge is 2.30. The van der Waals surface area contributed by atoms with Crippen molar-refractivity contribution in [3.8, 4) is 6.07 Å². The van der Waals surface area contributed by atoms with E-state index in [4.69, 9.17) is 0 Å². The highest BCUT2D eigenvalue weighted by Crippen LogP contribution is 2.36. The van der Waals surface area contributed by atoms with Crippen LogP contribution < -0.4 is 5.32 Å². The zero-order valence-corrected chi connectivity index (χ0v) is 13.5. The number of rotatable bonds is 3. The lowest BCUT2D eigenvalue weighted by atomic mass is 10.0. The smallest absolute Gasteiger partial charge is 0.269 e. The van der Waals surface area contributed by atoms with E-state index in [0.29, 0.717) is 5.69 Å². The van der Waals surface area contributed by atoms with Crippen LogP contribution in [0.2, 0.25) is 0 Å². The monoisotopic (exact) mass is 328 g/mol. The molecule has 0 unspecified atom stereocenters. The normalized spacial score (nSPS) is 14.8. The van der Waals surface area contributed by atoms with Crippen molar-refractivity contribution in [2.45, 2.75) is 12.8 Å². The van der Waals surface area contributed by atoms with Crippen molar-refractivity contribution in [2.24, 2.45) is 5.92 Å². The van der Waals surface area contributed by atoms with Crippen LogP contribution in [0.1, 0.15) is 12.8 Å². The van der Waals surface area contributed by atoms with E-state index >= 15 is 0 Å². The first-order valence-corrected chi connectivity index (χ1v) is 8.23. The van der Waals surface area contributed by atoms with Gasteiger partial charge in [-0.3, -0.25) is 4.79 Å². The van der Waals surface area contributed by atoms with E-state index in [1.807, 2.05) is 36.4 Å². The largest absolute Gasteiger partial charge is 0.510 e. The van der Waals surface area contributed by atoms with Gasteiger partial charge >= 0.3 is 0 Å². The Morgan fingerprint density at radius 2 is 1.64 bits per heavy atom. The van der Waals surface area contributed by atoms with Gasteiger partial charge in [0.2, 0.25) is 0 Å². The fourth-order valence-corrected chi connectivity index (χ4v) is 3.00. The maximum absolute atomic E-state index is 12.3. The molecule has 1 amide bonds. The zero-order valence-electron chi connectivity index (χ0n) is 13.5. The van der Waals surface area contributed by atoms with Gasteiger partial charge in [-0.15, -0.1) is 0 Å². The van der Waals surface area contributed by atoms with Crippen molar-refractivity contribution in [1.82, 2.24) is 0 Å². The van der Waals surface area contributed by atoms with Crippen molar-refractivity contribution >= 4 is 33.1 Å². The van der Waals surface area contributed by atoms with Crippen molar-refractivity contribution in [1.29, 1.82) is 5.26 Å². The molecule has 0 saturated heterocycles. The van der Waals surface area contributed by atoms with Crippen LogP contribution in [0.15, 0.2) is 65.9 Å². The molecular formula is C21H16N2O2. The molecule has 1 fully saturated rings. The van der Waals surface area contributed by atoms with Crippen LogP contribution in [-0.4, -0.2) is 11.0 Å². The number of carbonyl (C=O) groups is 1. The van der Waals surface area contributed by atoms with Gasteiger partial charge in [0.15, 0.2) is 5.57 Å². The molecule has 1 saturated carbocycles. The number of amides is 1. The van der Waals surface area contributed by atoms with Crippen LogP contribution in [0.5, 0.6) is 0 Å². The van der Waals surface area contributed by atoms with Crippen LogP contribution in [-0.2, 0) is 4.79 Å². The average molecular weight is 328 g/mol. The number of aliphatic hydroxyl groups excluding tert-OH is 1. The molecule has 1 aliphatic rings. The lowest BCUT2D eigenvalue weighted by Gasteiger charge is -2.08. The minimum absolute atomic E-state index is 0.0385. The van der Waals surface area contributed by atoms with Crippen LogP contribution in [0.4, 0.5) is 5.69 Å². The van der Waals surface area contributed by atoms with Gasteiger partial charge in [-0.05, 0) is 58.7 Å². The number of hydrogen-bond acceptors (Lipinski definition) is 3. The second-order valence-corrected chi connectivity index (χ2v) is 6.36. The van der Waals surface area contributed by atoms with Crippen LogP contribution in [0, 0.1) is 17.2 Å². The maximum atomic E-state index is 12.3. The van der Waals surface area contributed by atoms with Crippen molar-refractivity contribution in [2.75, 3.05) is 5.32 Å². The number of hydrogen-bond donors (Lipinski definition) is 2. The summed E-state index contributed by atoms with van der Waals surface area (Å²) in [6, 6.07) is 19.7. The molecule has 4 rings (SSSR count). The average Bonchev–Trinajstić information content (AvgIpc) is 3.45. The molecule has 0 spiro atoms. The predicted molar refractivity (Wildman–Crippen MR) is 98.1 cm³/mol. The van der Waals surface area contributed by atoms with E-state index < -0.39 is 5.91 Å². The molecule has 4 heteroatoms. The number of carbonyl (C=O) groups excluding carboxylic acids is 1. The molecule has 4 nitrogen and oxygen atoms in total. The summed E-state index contributed by atoms with van der Waals surface area (Å²) in [6.07, 6.45) is 1.65. The van der Waals surface area contributed by atoms with Crippen molar-refractivity contribution < 1.29 is 9.90 Å². The Labute approximate surface area is 145 Å². The van der Waals surface area contributed by atoms with Crippen molar-refractivity contribution in [3.05, 3.63) is 65.9 Å². The van der Waals surface area contributed by atoms with E-state index in [1.165, 1.54) is 0 Å². The first-order valence-electron chi connectivity index (χ1n) is 8.23. The zero-order chi connectivity index (χ0) is 17.4. The lowest BCUT2D eigenvalue weighted by molar-refractivity contribution is -0.112. The molecule has 0 aromatic heterocycles. The van der Waals surface area contributed by atoms with Gasteiger partial charge < -0.3 is 10.4 Å². The van der Waals surface area contributed by atoms with Gasteiger partial charge in [-0.2, -0.15) is 5.26 Å². The first-order chi connectivity index (χ1) is 12.2. The number of aliphatic hydroxyl groups is 1. The second-order valence-electron chi connectivity index (χ2n) is 6.36. The summed E-state index contributed by atoms with van der Waals surface area (Å²) in [7, 11) is 0. The number of benzene rings is 3. The molecule has 0 atom stereocenters. The number of anilines is 1. The predicted octanol–water partition coefficient (Wildman–Crippen LogP) is 4.68. The van der Waals surface area contributed by atoms with Gasteiger partial charge in [-0.25, -0.2) is 0 Å². The third kappa shape index (κ3) is 2.92. The summed E-state index contributed by atoms with van der Waals surface area (Å²) in [5.74, 6) is -0.692. The van der Waals surface area contributed by atoms with Gasteiger partial charge in [0, 0.05) is 11.6 Å². The minimum Gasteiger partial charge on any atom is -0.510 e. The molecule has 0 radical (unpaired) electrons. The van der Waals surface area contributed by atoms with E-state index in [-0.39, 0.29) is 17.3 Å². The summed E-state index contributed by atoms with van der Waals surface area (Å²) in [5.41, 5.74) is 0.408. The number of nitrogens with zero attached hydrogens (tertiary/aromatic N) is 1. The molecule has 3 aromatic rings. The van der Waals surface area contributed by atoms with E-state index in [9.17, 15) is 15.2 Å². The quantitative estimate of drug-likeness (QED) is 0.317. The molecule has 0 aliphatic heterocycles. The molecule has 25 heavy (non-hydrogen) atoms. The molecule has 1 aliphatic carbocycles. The topological polar surface area (TPSA) is 73.1 Å². The third-order valence-corrected chi connectivity index (χ3v) is 4.52. The molecule has 0 bridgehead atoms. The van der Waals surface area contributed by atoms with Gasteiger partial charge in [0.25, 0.3) is 5.91 Å². The Balaban J connectivity index is 1.67. The van der Waals surface area contributed by atoms with Crippen LogP contribution in [0.25, 0.3) is 21.5 Å². The van der Waals surface area contributed by atoms with Crippen molar-refractivity contribution in [3.63, 3.8) is 0 Å². The Kier molecular flexibility index (Phi) is 3.62. The maximum Gasteiger partial charge on any atom is 0.269 e. The molecular weight excluding hydrogens is 312 g/mol. The Bertz CT molecular complexity index is 1070. The molecule has 122 valence electrons. The summed E-state index contributed by atoms with van der Waals surface area (Å²) in [4.78, 5) is 12.3. The van der Waals surface area contributed by atoms with Gasteiger partial charge in [-0.1, -0.05) is 30.3 Å². The number of allylic oxidation sites excluding steroid dienone is 1.